The van der Waals surface area contributed by atoms with E-state index in [0.29, 0.717) is 11.1 Å². The lowest BCUT2D eigenvalue weighted by Crippen LogP contribution is -2.37. The number of rotatable bonds is 2. The molecular formula is C13H12ClNO2. The van der Waals surface area contributed by atoms with E-state index in [1.54, 1.807) is 26.0 Å². The van der Waals surface area contributed by atoms with Crippen molar-refractivity contribution in [1.29, 1.82) is 0 Å². The molecule has 88 valence electrons. The lowest BCUT2D eigenvalue weighted by atomic mass is 10.1. The topological polar surface area (TPSA) is 37.4 Å². The summed E-state index contributed by atoms with van der Waals surface area (Å²) in [6.07, 6.45) is 0. The third kappa shape index (κ3) is 1.87. The number of carbonyl (C=O) groups excluding carboxylic acids is 2. The normalized spacial score (nSPS) is 16.4. The van der Waals surface area contributed by atoms with Crippen molar-refractivity contribution in [3.63, 3.8) is 0 Å². The Kier molecular flexibility index (Phi) is 3.03. The van der Waals surface area contributed by atoms with Gasteiger partial charge in [0.1, 0.15) is 5.03 Å². The molecule has 1 heterocycles. The highest BCUT2D eigenvalue weighted by Gasteiger charge is 2.39. The third-order valence-electron chi connectivity index (χ3n) is 2.64. The first-order valence-corrected chi connectivity index (χ1v) is 5.75. The molecular weight excluding hydrogens is 238 g/mol. The van der Waals surface area contributed by atoms with E-state index >= 15 is 0 Å². The van der Waals surface area contributed by atoms with Crippen LogP contribution in [0.4, 0.5) is 0 Å². The van der Waals surface area contributed by atoms with Crippen molar-refractivity contribution in [3.8, 4) is 0 Å². The predicted octanol–water partition coefficient (Wildman–Crippen LogP) is 2.41. The van der Waals surface area contributed by atoms with E-state index in [0.717, 1.165) is 0 Å². The van der Waals surface area contributed by atoms with Crippen LogP contribution >= 0.6 is 11.6 Å². The minimum Gasteiger partial charge on any atom is -0.271 e. The molecule has 0 N–H and O–H groups in total. The zero-order valence-electron chi connectivity index (χ0n) is 9.61. The Balaban J connectivity index is 2.49. The highest BCUT2D eigenvalue weighted by atomic mass is 35.5. The summed E-state index contributed by atoms with van der Waals surface area (Å²) < 4.78 is 0. The third-order valence-corrected chi connectivity index (χ3v) is 2.99. The van der Waals surface area contributed by atoms with Crippen LogP contribution in [0.3, 0.4) is 0 Å². The quantitative estimate of drug-likeness (QED) is 0.755. The van der Waals surface area contributed by atoms with E-state index in [2.05, 4.69) is 0 Å². The minimum absolute atomic E-state index is 0.00917. The molecule has 1 aliphatic heterocycles. The maximum atomic E-state index is 12.1. The molecule has 17 heavy (non-hydrogen) atoms. The molecule has 4 heteroatoms. The van der Waals surface area contributed by atoms with E-state index in [4.69, 9.17) is 11.6 Å². The van der Waals surface area contributed by atoms with E-state index in [9.17, 15) is 9.59 Å². The van der Waals surface area contributed by atoms with E-state index in [1.165, 1.54) is 4.90 Å². The summed E-state index contributed by atoms with van der Waals surface area (Å²) in [7, 11) is 0. The van der Waals surface area contributed by atoms with Crippen LogP contribution < -0.4 is 0 Å². The second-order valence-electron chi connectivity index (χ2n) is 4.13. The van der Waals surface area contributed by atoms with Crippen LogP contribution in [0.25, 0.3) is 5.57 Å². The number of carbonyl (C=O) groups is 2. The maximum Gasteiger partial charge on any atom is 0.273 e. The number of halogens is 1. The fourth-order valence-corrected chi connectivity index (χ4v) is 2.12. The first-order chi connectivity index (χ1) is 8.04. The molecule has 0 aliphatic carbocycles. The zero-order chi connectivity index (χ0) is 12.6. The molecule has 1 aromatic rings. The number of amides is 2. The molecule has 0 fully saturated rings. The summed E-state index contributed by atoms with van der Waals surface area (Å²) in [4.78, 5) is 25.2. The van der Waals surface area contributed by atoms with Gasteiger partial charge in [0.15, 0.2) is 0 Å². The number of benzene rings is 1. The smallest absolute Gasteiger partial charge is 0.271 e. The summed E-state index contributed by atoms with van der Waals surface area (Å²) >= 11 is 5.96. The molecule has 0 saturated heterocycles. The predicted molar refractivity (Wildman–Crippen MR) is 66.2 cm³/mol. The van der Waals surface area contributed by atoms with Gasteiger partial charge < -0.3 is 0 Å². The summed E-state index contributed by atoms with van der Waals surface area (Å²) in [5.41, 5.74) is 0.977. The van der Waals surface area contributed by atoms with Crippen LogP contribution in [0.5, 0.6) is 0 Å². The zero-order valence-corrected chi connectivity index (χ0v) is 10.4. The van der Waals surface area contributed by atoms with Crippen LogP contribution in [0.1, 0.15) is 19.4 Å². The van der Waals surface area contributed by atoms with Gasteiger partial charge in [-0.15, -0.1) is 0 Å². The van der Waals surface area contributed by atoms with Crippen molar-refractivity contribution in [3.05, 3.63) is 40.9 Å². The van der Waals surface area contributed by atoms with Crippen LogP contribution in [-0.4, -0.2) is 22.8 Å². The number of hydrogen-bond donors (Lipinski definition) is 0. The first-order valence-electron chi connectivity index (χ1n) is 5.37. The Hall–Kier alpha value is -1.61. The van der Waals surface area contributed by atoms with Gasteiger partial charge in [0.25, 0.3) is 11.8 Å². The highest BCUT2D eigenvalue weighted by Crippen LogP contribution is 2.32. The molecule has 0 aromatic heterocycles. The Bertz CT molecular complexity index is 505. The SMILES string of the molecule is CC(C)N1C(=O)C(Cl)=C(c2ccccc2)C1=O. The van der Waals surface area contributed by atoms with Gasteiger partial charge in [0.05, 0.1) is 5.57 Å². The van der Waals surface area contributed by atoms with Gasteiger partial charge in [-0.2, -0.15) is 0 Å². The van der Waals surface area contributed by atoms with Gasteiger partial charge in [-0.25, -0.2) is 0 Å². The highest BCUT2D eigenvalue weighted by molar-refractivity contribution is 6.55. The molecule has 2 rings (SSSR count). The summed E-state index contributed by atoms with van der Waals surface area (Å²) in [5.74, 6) is -0.730. The fourth-order valence-electron chi connectivity index (χ4n) is 1.84. The second kappa shape index (κ2) is 4.34. The van der Waals surface area contributed by atoms with Crippen molar-refractivity contribution in [2.24, 2.45) is 0 Å². The molecule has 0 saturated carbocycles. The van der Waals surface area contributed by atoms with E-state index in [1.807, 2.05) is 18.2 Å². The van der Waals surface area contributed by atoms with Crippen molar-refractivity contribution >= 4 is 29.0 Å². The average Bonchev–Trinajstić information content (AvgIpc) is 2.51. The van der Waals surface area contributed by atoms with Gasteiger partial charge >= 0.3 is 0 Å². The second-order valence-corrected chi connectivity index (χ2v) is 4.51. The molecule has 2 amide bonds. The van der Waals surface area contributed by atoms with Gasteiger partial charge in [0.2, 0.25) is 0 Å². The van der Waals surface area contributed by atoms with Crippen molar-refractivity contribution in [1.82, 2.24) is 4.90 Å². The van der Waals surface area contributed by atoms with Crippen LogP contribution in [0, 0.1) is 0 Å². The average molecular weight is 250 g/mol. The molecule has 0 radical (unpaired) electrons. The Labute approximate surface area is 105 Å². The Morgan fingerprint density at radius 3 is 2.12 bits per heavy atom. The summed E-state index contributed by atoms with van der Waals surface area (Å²) in [6.45, 7) is 3.57. The van der Waals surface area contributed by atoms with Crippen molar-refractivity contribution in [2.45, 2.75) is 19.9 Å². The summed E-state index contributed by atoms with van der Waals surface area (Å²) in [6, 6.07) is 8.81. The monoisotopic (exact) mass is 249 g/mol. The first kappa shape index (κ1) is 11.9. The van der Waals surface area contributed by atoms with Gasteiger partial charge in [-0.05, 0) is 19.4 Å². The van der Waals surface area contributed by atoms with Crippen LogP contribution in [0.15, 0.2) is 35.4 Å². The van der Waals surface area contributed by atoms with Crippen LogP contribution in [-0.2, 0) is 9.59 Å². The van der Waals surface area contributed by atoms with Gasteiger partial charge in [-0.1, -0.05) is 41.9 Å². The number of hydrogen-bond acceptors (Lipinski definition) is 2. The molecule has 0 unspecified atom stereocenters. The minimum atomic E-state index is -0.412. The van der Waals surface area contributed by atoms with Gasteiger partial charge in [-0.3, -0.25) is 14.5 Å². The Morgan fingerprint density at radius 1 is 1.06 bits per heavy atom. The largest absolute Gasteiger partial charge is 0.273 e. The number of imide groups is 1. The van der Waals surface area contributed by atoms with Crippen LogP contribution in [0.2, 0.25) is 0 Å². The summed E-state index contributed by atoms with van der Waals surface area (Å²) in [5, 5.41) is 0.00917. The molecule has 1 aromatic carbocycles. The fraction of sp³-hybridized carbons (Fsp3) is 0.231. The number of nitrogens with zero attached hydrogens (tertiary/aromatic N) is 1. The van der Waals surface area contributed by atoms with E-state index in [-0.39, 0.29) is 17.0 Å². The maximum absolute atomic E-state index is 12.1. The van der Waals surface area contributed by atoms with Gasteiger partial charge in [0, 0.05) is 6.04 Å². The van der Waals surface area contributed by atoms with E-state index < -0.39 is 5.91 Å². The van der Waals surface area contributed by atoms with Crippen molar-refractivity contribution in [2.75, 3.05) is 0 Å². The van der Waals surface area contributed by atoms with Crippen molar-refractivity contribution < 1.29 is 9.59 Å². The molecule has 0 atom stereocenters. The molecule has 0 bridgehead atoms. The lowest BCUT2D eigenvalue weighted by Gasteiger charge is -2.18. The molecule has 0 spiro atoms. The molecule has 1 aliphatic rings. The standard InChI is InChI=1S/C13H12ClNO2/c1-8(2)15-12(16)10(11(14)13(15)17)9-6-4-3-5-7-9/h3-8H,1-2H3. The molecule has 3 nitrogen and oxygen atoms in total. The Morgan fingerprint density at radius 2 is 1.65 bits per heavy atom. The lowest BCUT2D eigenvalue weighted by molar-refractivity contribution is -0.138.